The van der Waals surface area contributed by atoms with Gasteiger partial charge in [0, 0.05) is 66.9 Å². The predicted molar refractivity (Wildman–Crippen MR) is 175 cm³/mol. The average Bonchev–Trinajstić information content (AvgIpc) is 3.30. The maximum absolute atomic E-state index is 16.3. The van der Waals surface area contributed by atoms with Crippen LogP contribution in [0.4, 0.5) is 15.8 Å². The molecule has 1 aliphatic rings. The first-order valence-corrected chi connectivity index (χ1v) is 16.7. The lowest BCUT2D eigenvalue weighted by Crippen LogP contribution is -2.43. The first kappa shape index (κ1) is 31.1. The fraction of sp³-hybridized carbons (Fsp3) is 0.333. The Hall–Kier alpha value is -3.37. The van der Waals surface area contributed by atoms with Crippen molar-refractivity contribution in [1.29, 1.82) is 0 Å². The SMILES string of the molecule is Cc1c(S(C)(=O)=O)c(-c2ccc(-c3ccc(NCCO)c(N4CCNCC4)c3)cc2F)c(-c2ccc(Cl)cc2)n1C(C)C. The number of aliphatic hydroxyl groups is 1. The second-order valence-electron chi connectivity index (χ2n) is 11.2. The van der Waals surface area contributed by atoms with E-state index in [1.165, 1.54) is 12.3 Å². The lowest BCUT2D eigenvalue weighted by atomic mass is 9.96. The van der Waals surface area contributed by atoms with Crippen molar-refractivity contribution in [2.45, 2.75) is 31.7 Å². The average molecular weight is 625 g/mol. The molecule has 3 aromatic carbocycles. The number of nitrogens with one attached hydrogen (secondary N) is 2. The highest BCUT2D eigenvalue weighted by Crippen LogP contribution is 2.45. The summed E-state index contributed by atoms with van der Waals surface area (Å²) >= 11 is 6.18. The molecule has 0 atom stereocenters. The summed E-state index contributed by atoms with van der Waals surface area (Å²) < 4.78 is 44.7. The van der Waals surface area contributed by atoms with Crippen LogP contribution in [-0.2, 0) is 9.84 Å². The molecule has 0 amide bonds. The monoisotopic (exact) mass is 624 g/mol. The minimum Gasteiger partial charge on any atom is -0.395 e. The largest absolute Gasteiger partial charge is 0.395 e. The standard InChI is InChI=1S/C33H38ClFN4O3S/c1-21(2)39-22(3)33(43(4,41)42)31(32(39)23-5-9-26(34)10-6-23)27-11-7-24(19-28(27)35)25-8-12-29(37-15-18-40)30(20-25)38-16-13-36-14-17-38/h5-12,19-21,36-37,40H,13-18H2,1-4H3. The molecule has 0 spiro atoms. The molecule has 0 radical (unpaired) electrons. The van der Waals surface area contributed by atoms with E-state index in [1.54, 1.807) is 25.1 Å². The maximum atomic E-state index is 16.3. The van der Waals surface area contributed by atoms with Gasteiger partial charge in [-0.05, 0) is 67.8 Å². The van der Waals surface area contributed by atoms with Crippen molar-refractivity contribution in [3.63, 3.8) is 0 Å². The first-order valence-electron chi connectivity index (χ1n) is 14.5. The summed E-state index contributed by atoms with van der Waals surface area (Å²) in [5.41, 5.74) is 5.94. The molecule has 0 saturated carbocycles. The molecule has 10 heteroatoms. The van der Waals surface area contributed by atoms with Gasteiger partial charge in [0.1, 0.15) is 5.82 Å². The van der Waals surface area contributed by atoms with Crippen molar-refractivity contribution in [2.75, 3.05) is 55.8 Å². The fourth-order valence-electron chi connectivity index (χ4n) is 6.04. The van der Waals surface area contributed by atoms with Crippen LogP contribution in [0.15, 0.2) is 65.6 Å². The second-order valence-corrected chi connectivity index (χ2v) is 13.6. The Morgan fingerprint density at radius 1 is 1.00 bits per heavy atom. The first-order chi connectivity index (χ1) is 20.5. The maximum Gasteiger partial charge on any atom is 0.177 e. The quantitative estimate of drug-likeness (QED) is 0.200. The molecule has 228 valence electrons. The number of rotatable bonds is 9. The molecule has 1 aliphatic heterocycles. The normalized spacial score (nSPS) is 14.0. The van der Waals surface area contributed by atoms with Crippen LogP contribution in [0.2, 0.25) is 5.02 Å². The van der Waals surface area contributed by atoms with Crippen molar-refractivity contribution in [2.24, 2.45) is 0 Å². The van der Waals surface area contributed by atoms with E-state index in [4.69, 9.17) is 11.6 Å². The van der Waals surface area contributed by atoms with Crippen LogP contribution in [0.1, 0.15) is 25.6 Å². The number of anilines is 2. The molecular weight excluding hydrogens is 587 g/mol. The highest BCUT2D eigenvalue weighted by Gasteiger charge is 2.31. The molecule has 4 aromatic rings. The van der Waals surface area contributed by atoms with Gasteiger partial charge in [-0.3, -0.25) is 0 Å². The van der Waals surface area contributed by atoms with Gasteiger partial charge in [0.25, 0.3) is 0 Å². The topological polar surface area (TPSA) is 86.6 Å². The van der Waals surface area contributed by atoms with Crippen LogP contribution in [0.25, 0.3) is 33.5 Å². The van der Waals surface area contributed by atoms with Crippen LogP contribution in [-0.4, -0.2) is 63.7 Å². The molecule has 0 unspecified atom stereocenters. The molecule has 2 heterocycles. The molecular formula is C33H38ClFN4O3S. The summed E-state index contributed by atoms with van der Waals surface area (Å²) in [5.74, 6) is -0.510. The third-order valence-corrected chi connectivity index (χ3v) is 9.35. The van der Waals surface area contributed by atoms with Gasteiger partial charge in [0.2, 0.25) is 0 Å². The number of aromatic nitrogens is 1. The van der Waals surface area contributed by atoms with E-state index in [2.05, 4.69) is 15.5 Å². The van der Waals surface area contributed by atoms with Gasteiger partial charge in [0.05, 0.1) is 28.6 Å². The van der Waals surface area contributed by atoms with Crippen molar-refractivity contribution < 1.29 is 17.9 Å². The lowest BCUT2D eigenvalue weighted by molar-refractivity contribution is 0.311. The summed E-state index contributed by atoms with van der Waals surface area (Å²) in [6.45, 7) is 9.57. The summed E-state index contributed by atoms with van der Waals surface area (Å²) in [4.78, 5) is 2.40. The highest BCUT2D eigenvalue weighted by atomic mass is 35.5. The number of hydrogen-bond acceptors (Lipinski definition) is 6. The minimum atomic E-state index is -3.72. The smallest absolute Gasteiger partial charge is 0.177 e. The van der Waals surface area contributed by atoms with Crippen LogP contribution in [0.5, 0.6) is 0 Å². The third-order valence-electron chi connectivity index (χ3n) is 7.85. The minimum absolute atomic E-state index is 0.0148. The van der Waals surface area contributed by atoms with Gasteiger partial charge in [-0.2, -0.15) is 0 Å². The van der Waals surface area contributed by atoms with Gasteiger partial charge in [-0.1, -0.05) is 41.9 Å². The summed E-state index contributed by atoms with van der Waals surface area (Å²) in [6, 6.07) is 18.0. The zero-order valence-electron chi connectivity index (χ0n) is 24.9. The van der Waals surface area contributed by atoms with E-state index in [0.29, 0.717) is 34.1 Å². The van der Waals surface area contributed by atoms with Crippen molar-refractivity contribution in [1.82, 2.24) is 9.88 Å². The predicted octanol–water partition coefficient (Wildman–Crippen LogP) is 6.39. The zero-order chi connectivity index (χ0) is 30.9. The molecule has 1 aromatic heterocycles. The van der Waals surface area contributed by atoms with Crippen molar-refractivity contribution in [3.8, 4) is 33.5 Å². The van der Waals surface area contributed by atoms with Crippen LogP contribution in [0.3, 0.4) is 0 Å². The van der Waals surface area contributed by atoms with E-state index in [0.717, 1.165) is 48.7 Å². The number of hydrogen-bond donors (Lipinski definition) is 3. The number of halogens is 2. The Morgan fingerprint density at radius 2 is 1.63 bits per heavy atom. The highest BCUT2D eigenvalue weighted by molar-refractivity contribution is 7.91. The Balaban J connectivity index is 1.67. The Labute approximate surface area is 258 Å². The molecule has 1 fully saturated rings. The summed E-state index contributed by atoms with van der Waals surface area (Å²) in [5, 5.41) is 16.6. The van der Waals surface area contributed by atoms with E-state index in [1.807, 2.05) is 54.8 Å². The van der Waals surface area contributed by atoms with Gasteiger partial charge in [-0.15, -0.1) is 0 Å². The van der Waals surface area contributed by atoms with Gasteiger partial charge in [0.15, 0.2) is 9.84 Å². The van der Waals surface area contributed by atoms with Crippen molar-refractivity contribution >= 4 is 32.8 Å². The van der Waals surface area contributed by atoms with E-state index in [-0.39, 0.29) is 23.1 Å². The van der Waals surface area contributed by atoms with Gasteiger partial charge in [-0.25, -0.2) is 12.8 Å². The van der Waals surface area contributed by atoms with Crippen LogP contribution >= 0.6 is 11.6 Å². The molecule has 7 nitrogen and oxygen atoms in total. The molecule has 3 N–H and O–H groups in total. The van der Waals surface area contributed by atoms with Crippen LogP contribution in [0, 0.1) is 12.7 Å². The van der Waals surface area contributed by atoms with E-state index in [9.17, 15) is 13.5 Å². The summed E-state index contributed by atoms with van der Waals surface area (Å²) in [6.07, 6.45) is 1.17. The summed E-state index contributed by atoms with van der Waals surface area (Å²) in [7, 11) is -3.72. The fourth-order valence-corrected chi connectivity index (χ4v) is 7.38. The second kappa shape index (κ2) is 12.7. The zero-order valence-corrected chi connectivity index (χ0v) is 26.5. The molecule has 0 bridgehead atoms. The molecule has 5 rings (SSSR count). The number of benzene rings is 3. The number of piperazine rings is 1. The molecule has 0 aliphatic carbocycles. The lowest BCUT2D eigenvalue weighted by Gasteiger charge is -2.31. The number of aliphatic hydroxyl groups excluding tert-OH is 1. The number of nitrogens with zero attached hydrogens (tertiary/aromatic N) is 2. The molecule has 43 heavy (non-hydrogen) atoms. The van der Waals surface area contributed by atoms with Crippen molar-refractivity contribution in [3.05, 3.63) is 77.2 Å². The van der Waals surface area contributed by atoms with Gasteiger partial charge < -0.3 is 25.2 Å². The number of sulfone groups is 1. The van der Waals surface area contributed by atoms with E-state index < -0.39 is 15.7 Å². The Bertz CT molecular complexity index is 1730. The molecule has 1 saturated heterocycles. The Morgan fingerprint density at radius 3 is 2.23 bits per heavy atom. The van der Waals surface area contributed by atoms with E-state index >= 15 is 4.39 Å². The third kappa shape index (κ3) is 6.31. The van der Waals surface area contributed by atoms with Gasteiger partial charge >= 0.3 is 0 Å². The Kier molecular flexibility index (Phi) is 9.18. The van der Waals surface area contributed by atoms with Crippen LogP contribution < -0.4 is 15.5 Å².